The summed E-state index contributed by atoms with van der Waals surface area (Å²) < 4.78 is 17.2. The average molecular weight is 372 g/mol. The Hall–Kier alpha value is -3.53. The molecule has 4 heteroatoms. The van der Waals surface area contributed by atoms with Gasteiger partial charge in [-0.1, -0.05) is 36.9 Å². The number of rotatable bonds is 5. The van der Waals surface area contributed by atoms with Gasteiger partial charge in [0.05, 0.1) is 5.56 Å². The van der Waals surface area contributed by atoms with Gasteiger partial charge in [-0.2, -0.15) is 0 Å². The van der Waals surface area contributed by atoms with Crippen LogP contribution in [0.4, 0.5) is 0 Å². The maximum absolute atomic E-state index is 12.7. The molecule has 0 bridgehead atoms. The lowest BCUT2D eigenvalue weighted by molar-refractivity contribution is 0.101. The molecule has 0 unspecified atom stereocenters. The predicted octanol–water partition coefficient (Wildman–Crippen LogP) is 5.73. The third kappa shape index (κ3) is 3.49. The number of benzene rings is 2. The fraction of sp³-hybridized carbons (Fsp3) is 0.125. The largest absolute Gasteiger partial charge is 0.489 e. The van der Waals surface area contributed by atoms with Crippen molar-refractivity contribution >= 4 is 17.9 Å². The maximum atomic E-state index is 12.7. The fourth-order valence-electron chi connectivity index (χ4n) is 3.14. The van der Waals surface area contributed by atoms with Crippen LogP contribution in [0.15, 0.2) is 65.3 Å². The van der Waals surface area contributed by atoms with Crippen LogP contribution in [0.25, 0.3) is 12.2 Å². The number of hydrogen-bond donors (Lipinski definition) is 0. The van der Waals surface area contributed by atoms with Crippen LogP contribution in [0.2, 0.25) is 0 Å². The van der Waals surface area contributed by atoms with Crippen LogP contribution in [0.3, 0.4) is 0 Å². The molecule has 0 spiro atoms. The predicted molar refractivity (Wildman–Crippen MR) is 108 cm³/mol. The minimum Gasteiger partial charge on any atom is -0.489 e. The standard InChI is InChI=1S/C24H20O4/c1-4-17-6-8-18(9-7-17)14-26-20-11-15(2)23-21(13-20)28-22(24(23)25)12-19-10-5-16(3)27-19/h4-13H,1,14H2,2-3H3/b22-12-. The minimum atomic E-state index is -0.145. The van der Waals surface area contributed by atoms with Crippen molar-refractivity contribution in [2.75, 3.05) is 0 Å². The second-order valence-corrected chi connectivity index (χ2v) is 6.74. The zero-order chi connectivity index (χ0) is 19.7. The Morgan fingerprint density at radius 3 is 2.54 bits per heavy atom. The van der Waals surface area contributed by atoms with Gasteiger partial charge in [0.1, 0.15) is 29.6 Å². The molecule has 0 amide bonds. The number of allylic oxidation sites excluding steroid dienone is 1. The number of carbonyl (C=O) groups is 1. The van der Waals surface area contributed by atoms with Crippen molar-refractivity contribution in [1.82, 2.24) is 0 Å². The monoisotopic (exact) mass is 372 g/mol. The van der Waals surface area contributed by atoms with Crippen LogP contribution in [0, 0.1) is 13.8 Å². The highest BCUT2D eigenvalue weighted by molar-refractivity contribution is 6.15. The first-order chi connectivity index (χ1) is 13.5. The maximum Gasteiger partial charge on any atom is 0.232 e. The van der Waals surface area contributed by atoms with Crippen molar-refractivity contribution in [3.8, 4) is 11.5 Å². The van der Waals surface area contributed by atoms with E-state index in [9.17, 15) is 4.79 Å². The van der Waals surface area contributed by atoms with E-state index < -0.39 is 0 Å². The molecule has 0 fully saturated rings. The summed E-state index contributed by atoms with van der Waals surface area (Å²) in [5.41, 5.74) is 3.50. The Kier molecular flexibility index (Phi) is 4.62. The zero-order valence-electron chi connectivity index (χ0n) is 15.8. The normalized spacial score (nSPS) is 14.1. The summed E-state index contributed by atoms with van der Waals surface area (Å²) in [6, 6.07) is 15.3. The van der Waals surface area contributed by atoms with Gasteiger partial charge >= 0.3 is 0 Å². The van der Waals surface area contributed by atoms with Gasteiger partial charge in [-0.25, -0.2) is 0 Å². The van der Waals surface area contributed by atoms with Gasteiger partial charge in [0.15, 0.2) is 5.76 Å². The third-order valence-corrected chi connectivity index (χ3v) is 4.60. The van der Waals surface area contributed by atoms with Crippen LogP contribution < -0.4 is 9.47 Å². The first-order valence-corrected chi connectivity index (χ1v) is 9.03. The summed E-state index contributed by atoms with van der Waals surface area (Å²) in [5.74, 6) is 2.65. The van der Waals surface area contributed by atoms with Gasteiger partial charge in [0.2, 0.25) is 5.78 Å². The molecule has 0 saturated carbocycles. The Morgan fingerprint density at radius 1 is 1.07 bits per heavy atom. The van der Waals surface area contributed by atoms with E-state index in [0.717, 1.165) is 22.5 Å². The van der Waals surface area contributed by atoms with Crippen LogP contribution in [-0.2, 0) is 6.61 Å². The molecule has 1 aliphatic heterocycles. The van der Waals surface area contributed by atoms with Gasteiger partial charge in [0, 0.05) is 12.1 Å². The number of ether oxygens (including phenoxy) is 2. The molecule has 0 aliphatic carbocycles. The van der Waals surface area contributed by atoms with E-state index in [0.29, 0.717) is 29.4 Å². The quantitative estimate of drug-likeness (QED) is 0.536. The molecule has 1 aliphatic rings. The number of fused-ring (bicyclic) bond motifs is 1. The van der Waals surface area contributed by atoms with E-state index in [1.807, 2.05) is 50.2 Å². The number of hydrogen-bond acceptors (Lipinski definition) is 4. The second-order valence-electron chi connectivity index (χ2n) is 6.74. The van der Waals surface area contributed by atoms with Crippen molar-refractivity contribution in [3.63, 3.8) is 0 Å². The molecule has 0 atom stereocenters. The molecule has 4 rings (SSSR count). The lowest BCUT2D eigenvalue weighted by Crippen LogP contribution is -2.00. The van der Waals surface area contributed by atoms with E-state index in [2.05, 4.69) is 6.58 Å². The van der Waals surface area contributed by atoms with E-state index in [4.69, 9.17) is 13.9 Å². The molecule has 2 heterocycles. The molecule has 28 heavy (non-hydrogen) atoms. The van der Waals surface area contributed by atoms with E-state index in [1.165, 1.54) is 0 Å². The SMILES string of the molecule is C=Cc1ccc(COc2cc(C)c3c(c2)O/C(=C\c2ccc(C)o2)C3=O)cc1. The average Bonchev–Trinajstić information content (AvgIpc) is 3.24. The molecular formula is C24H20O4. The lowest BCUT2D eigenvalue weighted by Gasteiger charge is -2.09. The summed E-state index contributed by atoms with van der Waals surface area (Å²) in [6.45, 7) is 7.92. The summed E-state index contributed by atoms with van der Waals surface area (Å²) in [4.78, 5) is 12.7. The summed E-state index contributed by atoms with van der Waals surface area (Å²) >= 11 is 0. The van der Waals surface area contributed by atoms with Crippen molar-refractivity contribution in [2.24, 2.45) is 0 Å². The first kappa shape index (κ1) is 17.9. The first-order valence-electron chi connectivity index (χ1n) is 9.03. The van der Waals surface area contributed by atoms with E-state index >= 15 is 0 Å². The Bertz CT molecular complexity index is 1080. The van der Waals surface area contributed by atoms with E-state index in [-0.39, 0.29) is 11.5 Å². The zero-order valence-corrected chi connectivity index (χ0v) is 15.8. The third-order valence-electron chi connectivity index (χ3n) is 4.60. The molecule has 0 radical (unpaired) electrons. The smallest absolute Gasteiger partial charge is 0.232 e. The Morgan fingerprint density at radius 2 is 1.86 bits per heavy atom. The summed E-state index contributed by atoms with van der Waals surface area (Å²) in [7, 11) is 0. The molecular weight excluding hydrogens is 352 g/mol. The van der Waals surface area contributed by atoms with Gasteiger partial charge in [-0.05, 0) is 48.7 Å². The minimum absolute atomic E-state index is 0.145. The lowest BCUT2D eigenvalue weighted by atomic mass is 10.0. The topological polar surface area (TPSA) is 48.7 Å². The fourth-order valence-corrected chi connectivity index (χ4v) is 3.14. The molecule has 2 aromatic carbocycles. The summed E-state index contributed by atoms with van der Waals surface area (Å²) in [6.07, 6.45) is 3.43. The molecule has 4 nitrogen and oxygen atoms in total. The van der Waals surface area contributed by atoms with Crippen LogP contribution in [0.5, 0.6) is 11.5 Å². The van der Waals surface area contributed by atoms with Gasteiger partial charge in [-0.3, -0.25) is 4.79 Å². The van der Waals surface area contributed by atoms with Crippen molar-refractivity contribution in [3.05, 3.63) is 94.6 Å². The molecule has 3 aromatic rings. The van der Waals surface area contributed by atoms with E-state index in [1.54, 1.807) is 24.3 Å². The molecule has 140 valence electrons. The second kappa shape index (κ2) is 7.24. The van der Waals surface area contributed by atoms with Crippen molar-refractivity contribution in [2.45, 2.75) is 20.5 Å². The van der Waals surface area contributed by atoms with Crippen molar-refractivity contribution in [1.29, 1.82) is 0 Å². The highest BCUT2D eigenvalue weighted by Gasteiger charge is 2.30. The number of Topliss-reactive ketones (excluding diaryl/α,β-unsaturated/α-hetero) is 1. The highest BCUT2D eigenvalue weighted by atomic mass is 16.5. The molecule has 1 aromatic heterocycles. The Labute approximate surface area is 163 Å². The van der Waals surface area contributed by atoms with Crippen LogP contribution in [0.1, 0.15) is 38.6 Å². The number of aryl methyl sites for hydroxylation is 2. The Balaban J connectivity index is 1.54. The van der Waals surface area contributed by atoms with Crippen molar-refractivity contribution < 1.29 is 18.7 Å². The van der Waals surface area contributed by atoms with Gasteiger partial charge < -0.3 is 13.9 Å². The van der Waals surface area contributed by atoms with Gasteiger partial charge in [0.25, 0.3) is 0 Å². The summed E-state index contributed by atoms with van der Waals surface area (Å²) in [5, 5.41) is 0. The molecule has 0 saturated heterocycles. The molecule has 0 N–H and O–H groups in total. The van der Waals surface area contributed by atoms with Gasteiger partial charge in [-0.15, -0.1) is 0 Å². The van der Waals surface area contributed by atoms with Crippen LogP contribution in [-0.4, -0.2) is 5.78 Å². The number of carbonyl (C=O) groups excluding carboxylic acids is 1. The van der Waals surface area contributed by atoms with Crippen LogP contribution >= 0.6 is 0 Å². The number of furan rings is 1. The number of ketones is 1. The highest BCUT2D eigenvalue weighted by Crippen LogP contribution is 2.37.